The maximum absolute atomic E-state index is 13.8. The van der Waals surface area contributed by atoms with E-state index < -0.39 is 0 Å². The Balaban J connectivity index is 1.69. The lowest BCUT2D eigenvalue weighted by Crippen LogP contribution is -2.24. The summed E-state index contributed by atoms with van der Waals surface area (Å²) >= 11 is 1.78. The van der Waals surface area contributed by atoms with Crippen LogP contribution in [-0.2, 0) is 13.6 Å². The molecule has 4 nitrogen and oxygen atoms in total. The van der Waals surface area contributed by atoms with Gasteiger partial charge in [-0.25, -0.2) is 4.39 Å². The number of nitrogens with zero attached hydrogens (tertiary/aromatic N) is 3. The van der Waals surface area contributed by atoms with Crippen LogP contribution in [0.2, 0.25) is 0 Å². The number of hydrogen-bond donors (Lipinski definition) is 0. The predicted molar refractivity (Wildman–Crippen MR) is 112 cm³/mol. The predicted octanol–water partition coefficient (Wildman–Crippen LogP) is 5.12. The van der Waals surface area contributed by atoms with Gasteiger partial charge >= 0.3 is 0 Å². The van der Waals surface area contributed by atoms with Crippen LogP contribution in [0.15, 0.2) is 53.6 Å². The van der Waals surface area contributed by atoms with Crippen molar-refractivity contribution in [1.29, 1.82) is 0 Å². The molecule has 3 aromatic rings. The van der Waals surface area contributed by atoms with Crippen LogP contribution in [-0.4, -0.2) is 23.4 Å². The highest BCUT2D eigenvalue weighted by atomic mass is 32.2. The first-order valence-electron chi connectivity index (χ1n) is 9.37. The molecule has 4 rings (SSSR count). The molecule has 0 saturated carbocycles. The van der Waals surface area contributed by atoms with Gasteiger partial charge in [-0.3, -0.25) is 4.68 Å². The second-order valence-electron chi connectivity index (χ2n) is 7.08. The van der Waals surface area contributed by atoms with E-state index in [0.717, 1.165) is 35.7 Å². The van der Waals surface area contributed by atoms with E-state index in [4.69, 9.17) is 4.74 Å². The number of aromatic nitrogens is 2. The smallest absolute Gasteiger partial charge is 0.123 e. The molecule has 0 N–H and O–H groups in total. The van der Waals surface area contributed by atoms with Crippen molar-refractivity contribution in [2.45, 2.75) is 30.0 Å². The molecule has 0 bridgehead atoms. The monoisotopic (exact) mass is 397 g/mol. The van der Waals surface area contributed by atoms with Gasteiger partial charge in [-0.1, -0.05) is 12.1 Å². The zero-order valence-electron chi connectivity index (χ0n) is 16.4. The molecule has 2 aromatic carbocycles. The van der Waals surface area contributed by atoms with Gasteiger partial charge in [0, 0.05) is 41.5 Å². The van der Waals surface area contributed by atoms with Crippen LogP contribution in [0.25, 0.3) is 0 Å². The minimum atomic E-state index is -0.184. The molecule has 1 aromatic heterocycles. The molecule has 6 heteroatoms. The summed E-state index contributed by atoms with van der Waals surface area (Å²) in [6.45, 7) is 3.79. The summed E-state index contributed by atoms with van der Waals surface area (Å²) in [6, 6.07) is 13.2. The maximum atomic E-state index is 13.8. The molecule has 0 fully saturated rings. The third kappa shape index (κ3) is 3.74. The summed E-state index contributed by atoms with van der Waals surface area (Å²) in [5.74, 6) is 0.653. The highest BCUT2D eigenvalue weighted by Crippen LogP contribution is 2.46. The molecule has 0 saturated heterocycles. The topological polar surface area (TPSA) is 30.3 Å². The van der Waals surface area contributed by atoms with Crippen molar-refractivity contribution in [3.63, 3.8) is 0 Å². The molecule has 28 heavy (non-hydrogen) atoms. The minimum Gasteiger partial charge on any atom is -0.497 e. The van der Waals surface area contributed by atoms with Crippen molar-refractivity contribution >= 4 is 17.4 Å². The van der Waals surface area contributed by atoms with E-state index in [1.54, 1.807) is 31.0 Å². The van der Waals surface area contributed by atoms with Crippen LogP contribution in [0, 0.1) is 12.7 Å². The van der Waals surface area contributed by atoms with Crippen molar-refractivity contribution in [3.05, 3.63) is 71.3 Å². The summed E-state index contributed by atoms with van der Waals surface area (Å²) < 4.78 is 21.2. The summed E-state index contributed by atoms with van der Waals surface area (Å²) in [7, 11) is 3.65. The Morgan fingerprint density at radius 2 is 2.11 bits per heavy atom. The average Bonchev–Trinajstić information content (AvgIpc) is 2.91. The Labute approximate surface area is 169 Å². The molecule has 1 atom stereocenters. The van der Waals surface area contributed by atoms with Gasteiger partial charge in [0.05, 0.1) is 19.0 Å². The molecule has 0 radical (unpaired) electrons. The summed E-state index contributed by atoms with van der Waals surface area (Å²) in [4.78, 5) is 3.55. The van der Waals surface area contributed by atoms with Gasteiger partial charge in [-0.2, -0.15) is 5.10 Å². The van der Waals surface area contributed by atoms with Crippen molar-refractivity contribution in [3.8, 4) is 5.75 Å². The number of ether oxygens (including phenoxy) is 1. The van der Waals surface area contributed by atoms with E-state index >= 15 is 0 Å². The first-order chi connectivity index (χ1) is 13.5. The van der Waals surface area contributed by atoms with Gasteiger partial charge in [-0.05, 0) is 49.2 Å². The molecular formula is C22H24FN3OS. The van der Waals surface area contributed by atoms with Crippen LogP contribution >= 0.6 is 11.8 Å². The van der Waals surface area contributed by atoms with E-state index in [1.807, 2.05) is 30.1 Å². The Hall–Kier alpha value is -2.47. The molecular weight excluding hydrogens is 373 g/mol. The van der Waals surface area contributed by atoms with E-state index in [0.29, 0.717) is 0 Å². The van der Waals surface area contributed by atoms with Gasteiger partial charge in [0.25, 0.3) is 0 Å². The summed E-state index contributed by atoms with van der Waals surface area (Å²) in [5, 5.41) is 4.58. The number of rotatable bonds is 4. The van der Waals surface area contributed by atoms with E-state index in [-0.39, 0.29) is 11.1 Å². The Kier molecular flexibility index (Phi) is 5.31. The molecule has 146 valence electrons. The van der Waals surface area contributed by atoms with Crippen molar-refractivity contribution < 1.29 is 9.13 Å². The highest BCUT2D eigenvalue weighted by Gasteiger charge is 2.25. The average molecular weight is 398 g/mol. The van der Waals surface area contributed by atoms with Crippen LogP contribution in [0.5, 0.6) is 5.75 Å². The number of methoxy groups -OCH3 is 1. The molecule has 2 heterocycles. The zero-order chi connectivity index (χ0) is 19.7. The van der Waals surface area contributed by atoms with Crippen LogP contribution < -0.4 is 9.64 Å². The number of halogens is 1. The lowest BCUT2D eigenvalue weighted by molar-refractivity contribution is 0.413. The second-order valence-corrected chi connectivity index (χ2v) is 8.33. The third-order valence-corrected chi connectivity index (χ3v) is 6.73. The number of aryl methyl sites for hydroxylation is 1. The highest BCUT2D eigenvalue weighted by molar-refractivity contribution is 7.99. The van der Waals surface area contributed by atoms with Crippen molar-refractivity contribution in [2.24, 2.45) is 7.05 Å². The molecule has 0 aliphatic carbocycles. The first kappa shape index (κ1) is 18.9. The van der Waals surface area contributed by atoms with E-state index in [9.17, 15) is 4.39 Å². The summed E-state index contributed by atoms with van der Waals surface area (Å²) in [6.07, 6.45) is 2.88. The SMILES string of the molecule is COc1ccc2c(c1)SC(c1cccc(F)c1)CCN2Cc1cnn(C)c1C. The standard InChI is InChI=1S/C22H24FN3OS/c1-15-17(13-24-25(15)2)14-26-10-9-21(16-5-4-6-18(23)11-16)28-22-12-19(27-3)7-8-20(22)26/h4-8,11-13,21H,9-10,14H2,1-3H3. The fourth-order valence-corrected chi connectivity index (χ4v) is 4.91. The third-order valence-electron chi connectivity index (χ3n) is 5.36. The largest absolute Gasteiger partial charge is 0.497 e. The van der Waals surface area contributed by atoms with Crippen molar-refractivity contribution in [2.75, 3.05) is 18.6 Å². The maximum Gasteiger partial charge on any atom is 0.123 e. The van der Waals surface area contributed by atoms with E-state index in [2.05, 4.69) is 29.1 Å². The number of hydrogen-bond acceptors (Lipinski definition) is 4. The van der Waals surface area contributed by atoms with Gasteiger partial charge in [0.2, 0.25) is 0 Å². The van der Waals surface area contributed by atoms with Gasteiger partial charge in [-0.15, -0.1) is 11.8 Å². The fourth-order valence-electron chi connectivity index (χ4n) is 3.59. The molecule has 0 spiro atoms. The fraction of sp³-hybridized carbons (Fsp3) is 0.318. The van der Waals surface area contributed by atoms with Gasteiger partial charge in [0.15, 0.2) is 0 Å². The normalized spacial score (nSPS) is 16.6. The number of benzene rings is 2. The number of anilines is 1. The van der Waals surface area contributed by atoms with E-state index in [1.165, 1.54) is 23.0 Å². The number of fused-ring (bicyclic) bond motifs is 1. The first-order valence-corrected chi connectivity index (χ1v) is 10.3. The minimum absolute atomic E-state index is 0.184. The Bertz CT molecular complexity index is 988. The lowest BCUT2D eigenvalue weighted by atomic mass is 10.1. The molecule has 1 unspecified atom stereocenters. The lowest BCUT2D eigenvalue weighted by Gasteiger charge is -2.24. The Morgan fingerprint density at radius 1 is 1.25 bits per heavy atom. The van der Waals surface area contributed by atoms with Crippen molar-refractivity contribution in [1.82, 2.24) is 9.78 Å². The van der Waals surface area contributed by atoms with Gasteiger partial charge < -0.3 is 9.64 Å². The van der Waals surface area contributed by atoms with Crippen LogP contribution in [0.1, 0.15) is 28.5 Å². The second kappa shape index (κ2) is 7.87. The molecule has 1 aliphatic rings. The summed E-state index contributed by atoms with van der Waals surface area (Å²) in [5.41, 5.74) is 4.61. The van der Waals surface area contributed by atoms with Crippen LogP contribution in [0.4, 0.5) is 10.1 Å². The Morgan fingerprint density at radius 3 is 2.82 bits per heavy atom. The zero-order valence-corrected chi connectivity index (χ0v) is 17.2. The van der Waals surface area contributed by atoms with Crippen LogP contribution in [0.3, 0.4) is 0 Å². The number of thioether (sulfide) groups is 1. The molecule has 1 aliphatic heterocycles. The molecule has 0 amide bonds. The quantitative estimate of drug-likeness (QED) is 0.611. The van der Waals surface area contributed by atoms with Gasteiger partial charge in [0.1, 0.15) is 11.6 Å².